The molecule has 0 aliphatic carbocycles. The van der Waals surface area contributed by atoms with Crippen LogP contribution in [0.1, 0.15) is 37.7 Å². The van der Waals surface area contributed by atoms with Crippen LogP contribution in [-0.2, 0) is 6.61 Å². The predicted molar refractivity (Wildman–Crippen MR) is 124 cm³/mol. The third-order valence-corrected chi connectivity index (χ3v) is 7.02. The van der Waals surface area contributed by atoms with Crippen molar-refractivity contribution in [3.63, 3.8) is 0 Å². The van der Waals surface area contributed by atoms with Gasteiger partial charge in [-0.1, -0.05) is 30.3 Å². The smallest absolute Gasteiger partial charge is 0.152 e. The van der Waals surface area contributed by atoms with E-state index in [1.54, 1.807) is 0 Å². The van der Waals surface area contributed by atoms with Crippen molar-refractivity contribution in [1.29, 1.82) is 0 Å². The summed E-state index contributed by atoms with van der Waals surface area (Å²) >= 11 is 0. The number of rotatable bonds is 5. The monoisotopic (exact) mass is 402 g/mol. The molecule has 3 aromatic rings. The second-order valence-corrected chi connectivity index (χ2v) is 8.85. The molecule has 30 heavy (non-hydrogen) atoms. The summed E-state index contributed by atoms with van der Waals surface area (Å²) in [5.74, 6) is 0.914. The molecule has 3 heterocycles. The Balaban J connectivity index is 1.44. The summed E-state index contributed by atoms with van der Waals surface area (Å²) in [4.78, 5) is 4.87. The van der Waals surface area contributed by atoms with Crippen molar-refractivity contribution in [1.82, 2.24) is 14.8 Å². The third-order valence-electron chi connectivity index (χ3n) is 7.02. The van der Waals surface area contributed by atoms with Gasteiger partial charge >= 0.3 is 0 Å². The Morgan fingerprint density at radius 2 is 1.73 bits per heavy atom. The summed E-state index contributed by atoms with van der Waals surface area (Å²) in [5.41, 5.74) is 3.63. The number of likely N-dealkylation sites (tertiary alicyclic amines) is 1. The number of hydrogen-bond acceptors (Lipinski definition) is 3. The van der Waals surface area contributed by atoms with E-state index in [0.29, 0.717) is 12.6 Å². The highest BCUT2D eigenvalue weighted by Crippen LogP contribution is 2.36. The molecule has 0 bridgehead atoms. The van der Waals surface area contributed by atoms with Crippen LogP contribution in [0.4, 0.5) is 5.69 Å². The zero-order chi connectivity index (χ0) is 20.2. The fraction of sp³-hybridized carbons (Fsp3) is 0.423. The molecule has 2 fully saturated rings. The maximum Gasteiger partial charge on any atom is 0.152 e. The summed E-state index contributed by atoms with van der Waals surface area (Å²) in [6.07, 6.45) is 8.69. The van der Waals surface area contributed by atoms with Gasteiger partial charge in [-0.15, -0.1) is 0 Å². The maximum atomic E-state index is 6.09. The van der Waals surface area contributed by atoms with E-state index in [1.807, 2.05) is 12.1 Å². The van der Waals surface area contributed by atoms with Crippen LogP contribution < -0.4 is 14.5 Å². The fourth-order valence-electron chi connectivity index (χ4n) is 5.38. The van der Waals surface area contributed by atoms with Crippen molar-refractivity contribution in [2.24, 2.45) is 0 Å². The number of quaternary nitrogens is 1. The molecular formula is C26H32N3O+. The predicted octanol–water partition coefficient (Wildman–Crippen LogP) is 5.06. The van der Waals surface area contributed by atoms with Crippen molar-refractivity contribution in [3.8, 4) is 5.75 Å². The van der Waals surface area contributed by atoms with Gasteiger partial charge in [-0.25, -0.2) is 0 Å². The molecule has 0 saturated carbocycles. The van der Waals surface area contributed by atoms with Gasteiger partial charge < -0.3 is 10.1 Å². The van der Waals surface area contributed by atoms with Crippen LogP contribution >= 0.6 is 0 Å². The number of nitrogens with one attached hydrogen (secondary N) is 1. The molecule has 0 spiro atoms. The highest BCUT2D eigenvalue weighted by atomic mass is 16.5. The molecule has 2 saturated heterocycles. The Kier molecular flexibility index (Phi) is 5.69. The van der Waals surface area contributed by atoms with Crippen molar-refractivity contribution in [3.05, 3.63) is 66.4 Å². The Labute approximate surface area is 179 Å². The summed E-state index contributed by atoms with van der Waals surface area (Å²) in [5, 5.41) is 4.73. The quantitative estimate of drug-likeness (QED) is 0.606. The number of fused-ring (bicyclic) bond motifs is 1. The number of hydrogen-bond donors (Lipinski definition) is 1. The van der Waals surface area contributed by atoms with E-state index >= 15 is 0 Å². The average molecular weight is 403 g/mol. The Bertz CT molecular complexity index is 976. The summed E-state index contributed by atoms with van der Waals surface area (Å²) in [6.45, 7) is 5.38. The van der Waals surface area contributed by atoms with Gasteiger partial charge in [0.05, 0.1) is 30.8 Å². The van der Waals surface area contributed by atoms with Crippen LogP contribution in [0.5, 0.6) is 5.75 Å². The zero-order valence-corrected chi connectivity index (χ0v) is 17.7. The van der Waals surface area contributed by atoms with Gasteiger partial charge in [0.25, 0.3) is 0 Å². The molecule has 2 aliphatic heterocycles. The highest BCUT2D eigenvalue weighted by molar-refractivity contribution is 5.83. The number of pyridine rings is 1. The Morgan fingerprint density at radius 3 is 2.53 bits per heavy atom. The summed E-state index contributed by atoms with van der Waals surface area (Å²) < 4.78 is 7.21. The molecule has 156 valence electrons. The molecule has 0 atom stereocenters. The third kappa shape index (κ3) is 3.94. The van der Waals surface area contributed by atoms with Gasteiger partial charge in [0.1, 0.15) is 12.4 Å². The van der Waals surface area contributed by atoms with E-state index < -0.39 is 0 Å². The van der Waals surface area contributed by atoms with Gasteiger partial charge in [0.2, 0.25) is 0 Å². The van der Waals surface area contributed by atoms with Crippen LogP contribution in [0.2, 0.25) is 0 Å². The minimum Gasteiger partial charge on any atom is -0.489 e. The molecule has 4 heteroatoms. The SMILES string of the molecule is c1ccc(COc2ccc3ncc([N+]4(C5CCNCC5)CCCCC4)cc3c2)cc1. The van der Waals surface area contributed by atoms with Gasteiger partial charge in [0.15, 0.2) is 5.69 Å². The molecule has 0 amide bonds. The van der Waals surface area contributed by atoms with E-state index in [0.717, 1.165) is 28.8 Å². The summed E-state index contributed by atoms with van der Waals surface area (Å²) in [7, 11) is 0. The maximum absolute atomic E-state index is 6.09. The normalized spacial score (nSPS) is 19.6. The molecule has 2 aliphatic rings. The van der Waals surface area contributed by atoms with Crippen LogP contribution in [0, 0.1) is 0 Å². The van der Waals surface area contributed by atoms with Crippen molar-refractivity contribution >= 4 is 16.6 Å². The first-order valence-corrected chi connectivity index (χ1v) is 11.5. The number of aromatic nitrogens is 1. The second kappa shape index (κ2) is 8.75. The van der Waals surface area contributed by atoms with E-state index in [-0.39, 0.29) is 0 Å². The van der Waals surface area contributed by atoms with Gasteiger partial charge in [-0.3, -0.25) is 9.47 Å². The molecule has 2 aromatic carbocycles. The number of benzene rings is 2. The lowest BCUT2D eigenvalue weighted by molar-refractivity contribution is 0.138. The van der Waals surface area contributed by atoms with E-state index in [4.69, 9.17) is 9.72 Å². The zero-order valence-electron chi connectivity index (χ0n) is 17.7. The first-order valence-electron chi connectivity index (χ1n) is 11.5. The standard InChI is InChI=1S/C26H32N3O/c1-3-7-21(8-4-1)20-30-25-9-10-26-22(18-25)17-24(19-28-26)29(15-5-2-6-16-29)23-11-13-27-14-12-23/h1,3-4,7-10,17-19,23,27H,2,5-6,11-16,20H2/q+1. The molecule has 0 radical (unpaired) electrons. The number of piperidine rings is 2. The Hall–Kier alpha value is -2.43. The van der Waals surface area contributed by atoms with Gasteiger partial charge in [-0.05, 0) is 43.0 Å². The number of nitrogens with zero attached hydrogens (tertiary/aromatic N) is 2. The van der Waals surface area contributed by atoms with Gasteiger partial charge in [0, 0.05) is 37.4 Å². The lowest BCUT2D eigenvalue weighted by Gasteiger charge is -2.48. The van der Waals surface area contributed by atoms with Crippen molar-refractivity contribution < 1.29 is 4.74 Å². The molecule has 1 aromatic heterocycles. The second-order valence-electron chi connectivity index (χ2n) is 8.85. The van der Waals surface area contributed by atoms with Crippen LogP contribution in [0.15, 0.2) is 60.8 Å². The fourth-order valence-corrected chi connectivity index (χ4v) is 5.38. The van der Waals surface area contributed by atoms with Crippen LogP contribution in [0.3, 0.4) is 0 Å². The topological polar surface area (TPSA) is 34.1 Å². The molecule has 1 N–H and O–H groups in total. The van der Waals surface area contributed by atoms with E-state index in [9.17, 15) is 0 Å². The number of ether oxygens (including phenoxy) is 1. The Morgan fingerprint density at radius 1 is 0.933 bits per heavy atom. The molecular weight excluding hydrogens is 370 g/mol. The lowest BCUT2D eigenvalue weighted by Crippen LogP contribution is -2.62. The van der Waals surface area contributed by atoms with Crippen molar-refractivity contribution in [2.75, 3.05) is 26.2 Å². The average Bonchev–Trinajstić information content (AvgIpc) is 2.84. The molecule has 4 nitrogen and oxygen atoms in total. The first kappa shape index (κ1) is 19.5. The van der Waals surface area contributed by atoms with Gasteiger partial charge in [-0.2, -0.15) is 0 Å². The molecule has 5 rings (SSSR count). The van der Waals surface area contributed by atoms with Crippen LogP contribution in [-0.4, -0.2) is 37.2 Å². The van der Waals surface area contributed by atoms with Crippen LogP contribution in [0.25, 0.3) is 10.9 Å². The lowest BCUT2D eigenvalue weighted by atomic mass is 9.95. The minimum atomic E-state index is 0.592. The highest BCUT2D eigenvalue weighted by Gasteiger charge is 2.41. The minimum absolute atomic E-state index is 0.592. The largest absolute Gasteiger partial charge is 0.489 e. The van der Waals surface area contributed by atoms with Crippen molar-refractivity contribution in [2.45, 2.75) is 44.8 Å². The van der Waals surface area contributed by atoms with E-state index in [2.05, 4.69) is 54.0 Å². The van der Waals surface area contributed by atoms with E-state index in [1.165, 1.54) is 61.8 Å². The summed E-state index contributed by atoms with van der Waals surface area (Å²) in [6, 6.07) is 19.7. The first-order chi connectivity index (χ1) is 14.8. The molecule has 0 unspecified atom stereocenters.